The van der Waals surface area contributed by atoms with Gasteiger partial charge in [0.25, 0.3) is 0 Å². The molecule has 0 radical (unpaired) electrons. The molecule has 18 heavy (non-hydrogen) atoms. The topological polar surface area (TPSA) is 63.4 Å². The molecule has 0 saturated carbocycles. The molecule has 2 rings (SSSR count). The summed E-state index contributed by atoms with van der Waals surface area (Å²) in [6.07, 6.45) is 0.672. The van der Waals surface area contributed by atoms with Crippen molar-refractivity contribution in [1.29, 1.82) is 0 Å². The highest BCUT2D eigenvalue weighted by Gasteiger charge is 2.31. The minimum absolute atomic E-state index is 0.0291. The Labute approximate surface area is 113 Å². The van der Waals surface area contributed by atoms with Crippen molar-refractivity contribution in [2.75, 3.05) is 23.5 Å². The zero-order valence-corrected chi connectivity index (χ0v) is 11.8. The molecule has 0 amide bonds. The molecule has 100 valence electrons. The number of hydrogen-bond donors (Lipinski definition) is 1. The Kier molecular flexibility index (Phi) is 3.84. The van der Waals surface area contributed by atoms with E-state index in [4.69, 9.17) is 17.3 Å². The summed E-state index contributed by atoms with van der Waals surface area (Å²) in [6.45, 7) is 0.389. The van der Waals surface area contributed by atoms with E-state index in [0.29, 0.717) is 18.0 Å². The normalized spacial score (nSPS) is 22.1. The Bertz CT molecular complexity index is 545. The third-order valence-corrected chi connectivity index (χ3v) is 5.38. The molecular weight excluding hydrogens is 272 g/mol. The second-order valence-corrected chi connectivity index (χ2v) is 7.31. The molecule has 1 saturated heterocycles. The van der Waals surface area contributed by atoms with Gasteiger partial charge in [0.15, 0.2) is 9.84 Å². The van der Waals surface area contributed by atoms with E-state index in [-0.39, 0.29) is 17.5 Å². The molecule has 1 heterocycles. The number of halogens is 1. The molecule has 1 aliphatic heterocycles. The molecule has 1 unspecified atom stereocenters. The second-order valence-electron chi connectivity index (χ2n) is 4.64. The summed E-state index contributed by atoms with van der Waals surface area (Å²) in [7, 11) is -0.965. The Hall–Kier alpha value is -0.780. The first-order chi connectivity index (χ1) is 8.43. The summed E-state index contributed by atoms with van der Waals surface area (Å²) < 4.78 is 23.0. The highest BCUT2D eigenvalue weighted by molar-refractivity contribution is 7.91. The number of anilines is 1. The molecular formula is C12H17ClN2O2S. The van der Waals surface area contributed by atoms with Crippen molar-refractivity contribution >= 4 is 27.1 Å². The SMILES string of the molecule is CN(c1ccc(Cl)cc1CN)C1CCS(=O)(=O)C1. The molecule has 2 N–H and O–H groups in total. The van der Waals surface area contributed by atoms with Crippen LogP contribution in [0.5, 0.6) is 0 Å². The smallest absolute Gasteiger partial charge is 0.152 e. The first kappa shape index (κ1) is 13.6. The van der Waals surface area contributed by atoms with E-state index in [1.54, 1.807) is 6.07 Å². The van der Waals surface area contributed by atoms with Gasteiger partial charge in [-0.1, -0.05) is 11.6 Å². The van der Waals surface area contributed by atoms with Crippen molar-refractivity contribution in [3.05, 3.63) is 28.8 Å². The van der Waals surface area contributed by atoms with Crippen LogP contribution in [0.25, 0.3) is 0 Å². The van der Waals surface area contributed by atoms with Crippen molar-refractivity contribution in [3.63, 3.8) is 0 Å². The van der Waals surface area contributed by atoms with E-state index < -0.39 is 9.84 Å². The Morgan fingerprint density at radius 2 is 2.22 bits per heavy atom. The largest absolute Gasteiger partial charge is 0.370 e. The second kappa shape index (κ2) is 5.07. The van der Waals surface area contributed by atoms with Crippen molar-refractivity contribution in [2.45, 2.75) is 19.0 Å². The monoisotopic (exact) mass is 288 g/mol. The van der Waals surface area contributed by atoms with Crippen molar-refractivity contribution in [2.24, 2.45) is 5.73 Å². The maximum Gasteiger partial charge on any atom is 0.152 e. The van der Waals surface area contributed by atoms with Crippen LogP contribution in [-0.4, -0.2) is 33.0 Å². The maximum absolute atomic E-state index is 11.5. The Morgan fingerprint density at radius 1 is 1.50 bits per heavy atom. The fraction of sp³-hybridized carbons (Fsp3) is 0.500. The van der Waals surface area contributed by atoms with Gasteiger partial charge in [-0.2, -0.15) is 0 Å². The van der Waals surface area contributed by atoms with Gasteiger partial charge in [0, 0.05) is 30.3 Å². The molecule has 1 aromatic carbocycles. The van der Waals surface area contributed by atoms with Gasteiger partial charge >= 0.3 is 0 Å². The number of sulfone groups is 1. The summed E-state index contributed by atoms with van der Waals surface area (Å²) in [5, 5.41) is 0.645. The zero-order chi connectivity index (χ0) is 13.3. The molecule has 0 aromatic heterocycles. The Morgan fingerprint density at radius 3 is 2.78 bits per heavy atom. The minimum Gasteiger partial charge on any atom is -0.370 e. The molecule has 0 aliphatic carbocycles. The van der Waals surface area contributed by atoms with Crippen LogP contribution in [0.4, 0.5) is 5.69 Å². The highest BCUT2D eigenvalue weighted by Crippen LogP contribution is 2.28. The Balaban J connectivity index is 2.26. The van der Waals surface area contributed by atoms with Crippen LogP contribution >= 0.6 is 11.6 Å². The van der Waals surface area contributed by atoms with Gasteiger partial charge in [-0.15, -0.1) is 0 Å². The molecule has 6 heteroatoms. The fourth-order valence-electron chi connectivity index (χ4n) is 2.34. The summed E-state index contributed by atoms with van der Waals surface area (Å²) in [6, 6.07) is 5.56. The number of benzene rings is 1. The van der Waals surface area contributed by atoms with Gasteiger partial charge in [-0.05, 0) is 30.2 Å². The number of hydrogen-bond acceptors (Lipinski definition) is 4. The first-order valence-corrected chi connectivity index (χ1v) is 8.04. The summed E-state index contributed by atoms with van der Waals surface area (Å²) in [5.74, 6) is 0.490. The van der Waals surface area contributed by atoms with E-state index in [1.807, 2.05) is 24.1 Å². The van der Waals surface area contributed by atoms with E-state index in [2.05, 4.69) is 0 Å². The number of nitrogens with zero attached hydrogens (tertiary/aromatic N) is 1. The van der Waals surface area contributed by atoms with Crippen molar-refractivity contribution in [3.8, 4) is 0 Å². The third kappa shape index (κ3) is 2.79. The molecule has 1 aromatic rings. The van der Waals surface area contributed by atoms with Gasteiger partial charge in [0.2, 0.25) is 0 Å². The lowest BCUT2D eigenvalue weighted by Gasteiger charge is -2.27. The molecule has 1 aliphatic rings. The van der Waals surface area contributed by atoms with Crippen LogP contribution < -0.4 is 10.6 Å². The van der Waals surface area contributed by atoms with Gasteiger partial charge in [-0.25, -0.2) is 8.42 Å². The summed E-state index contributed by atoms with van der Waals surface area (Å²) in [5.41, 5.74) is 7.61. The molecule has 0 bridgehead atoms. The van der Waals surface area contributed by atoms with Crippen molar-refractivity contribution in [1.82, 2.24) is 0 Å². The lowest BCUT2D eigenvalue weighted by atomic mass is 10.1. The maximum atomic E-state index is 11.5. The van der Waals surface area contributed by atoms with Gasteiger partial charge in [0.05, 0.1) is 11.5 Å². The van der Waals surface area contributed by atoms with Crippen LogP contribution in [0.1, 0.15) is 12.0 Å². The van der Waals surface area contributed by atoms with Gasteiger partial charge < -0.3 is 10.6 Å². The van der Waals surface area contributed by atoms with Gasteiger partial charge in [-0.3, -0.25) is 0 Å². The molecule has 1 atom stereocenters. The molecule has 0 spiro atoms. The first-order valence-electron chi connectivity index (χ1n) is 5.85. The van der Waals surface area contributed by atoms with Crippen LogP contribution in [0.3, 0.4) is 0 Å². The highest BCUT2D eigenvalue weighted by atomic mass is 35.5. The van der Waals surface area contributed by atoms with E-state index >= 15 is 0 Å². The third-order valence-electron chi connectivity index (χ3n) is 3.40. The van der Waals surface area contributed by atoms with E-state index in [0.717, 1.165) is 11.3 Å². The lowest BCUT2D eigenvalue weighted by molar-refractivity contribution is 0.601. The number of rotatable bonds is 3. The average Bonchev–Trinajstić information content (AvgIpc) is 2.68. The van der Waals surface area contributed by atoms with Crippen LogP contribution in [0.15, 0.2) is 18.2 Å². The number of nitrogens with two attached hydrogens (primary N) is 1. The predicted molar refractivity (Wildman–Crippen MR) is 74.8 cm³/mol. The zero-order valence-electron chi connectivity index (χ0n) is 10.3. The van der Waals surface area contributed by atoms with Crippen molar-refractivity contribution < 1.29 is 8.42 Å². The average molecular weight is 289 g/mol. The van der Waals surface area contributed by atoms with E-state index in [9.17, 15) is 8.42 Å². The fourth-order valence-corrected chi connectivity index (χ4v) is 4.31. The van der Waals surface area contributed by atoms with Gasteiger partial charge in [0.1, 0.15) is 0 Å². The minimum atomic E-state index is -2.88. The van der Waals surface area contributed by atoms with Crippen LogP contribution in [0, 0.1) is 0 Å². The van der Waals surface area contributed by atoms with E-state index in [1.165, 1.54) is 0 Å². The molecule has 4 nitrogen and oxygen atoms in total. The molecule has 1 fully saturated rings. The summed E-state index contributed by atoms with van der Waals surface area (Å²) in [4.78, 5) is 2.00. The summed E-state index contributed by atoms with van der Waals surface area (Å²) >= 11 is 5.94. The van der Waals surface area contributed by atoms with Crippen LogP contribution in [-0.2, 0) is 16.4 Å². The van der Waals surface area contributed by atoms with Crippen LogP contribution in [0.2, 0.25) is 5.02 Å². The standard InChI is InChI=1S/C12H17ClN2O2S/c1-15(11-4-5-18(16,17)8-11)12-3-2-10(13)6-9(12)7-14/h2-3,6,11H,4-5,7-8,14H2,1H3. The lowest BCUT2D eigenvalue weighted by Crippen LogP contribution is -2.33. The quantitative estimate of drug-likeness (QED) is 0.914. The predicted octanol–water partition coefficient (Wildman–Crippen LogP) is 1.42.